The second kappa shape index (κ2) is 3.70. The van der Waals surface area contributed by atoms with Crippen molar-refractivity contribution in [1.29, 1.82) is 0 Å². The topological polar surface area (TPSA) is 3.24 Å². The summed E-state index contributed by atoms with van der Waals surface area (Å²) in [6, 6.07) is 5.60. The number of nitrogens with zero attached hydrogens (tertiary/aromatic N) is 1. The zero-order chi connectivity index (χ0) is 10.1. The van der Waals surface area contributed by atoms with Gasteiger partial charge in [-0.15, -0.1) is 0 Å². The van der Waals surface area contributed by atoms with Crippen LogP contribution in [0.15, 0.2) is 18.2 Å². The van der Waals surface area contributed by atoms with Gasteiger partial charge in [-0.1, -0.05) is 13.0 Å². The first-order valence-electron chi connectivity index (χ1n) is 5.21. The van der Waals surface area contributed by atoms with Gasteiger partial charge in [0.15, 0.2) is 0 Å². The van der Waals surface area contributed by atoms with Gasteiger partial charge in [-0.2, -0.15) is 0 Å². The van der Waals surface area contributed by atoms with Crippen LogP contribution < -0.4 is 0 Å². The number of rotatable bonds is 2. The number of aryl methyl sites for hydroxylation is 1. The summed E-state index contributed by atoms with van der Waals surface area (Å²) in [6.45, 7) is 3.15. The fraction of sp³-hybridized carbons (Fsp3) is 0.500. The molecule has 0 spiro atoms. The molecule has 0 amide bonds. The van der Waals surface area contributed by atoms with E-state index in [1.54, 1.807) is 12.1 Å². The zero-order valence-electron chi connectivity index (χ0n) is 8.76. The normalized spacial score (nSPS) is 20.1. The van der Waals surface area contributed by atoms with Crippen molar-refractivity contribution in [3.05, 3.63) is 35.1 Å². The lowest BCUT2D eigenvalue weighted by Gasteiger charge is -2.23. The molecule has 1 nitrogen and oxygen atoms in total. The van der Waals surface area contributed by atoms with E-state index >= 15 is 0 Å². The summed E-state index contributed by atoms with van der Waals surface area (Å²) < 4.78 is 13.1. The Hall–Kier alpha value is -0.890. The third-order valence-electron chi connectivity index (χ3n) is 3.18. The van der Waals surface area contributed by atoms with Crippen LogP contribution in [0.3, 0.4) is 0 Å². The molecule has 1 aliphatic rings. The average molecular weight is 193 g/mol. The molecule has 1 aliphatic carbocycles. The highest BCUT2D eigenvalue weighted by molar-refractivity contribution is 5.34. The third kappa shape index (κ3) is 1.55. The lowest BCUT2D eigenvalue weighted by atomic mass is 10.1. The van der Waals surface area contributed by atoms with Crippen LogP contribution in [-0.2, 0) is 6.42 Å². The van der Waals surface area contributed by atoms with E-state index in [-0.39, 0.29) is 5.82 Å². The highest BCUT2D eigenvalue weighted by Gasteiger charge is 2.25. The maximum Gasteiger partial charge on any atom is 0.123 e. The molecule has 0 aromatic heterocycles. The standard InChI is InChI=1S/C12H16FN/c1-3-14(2)12-7-5-9-4-6-10(13)8-11(9)12/h4,6,8,12H,3,5,7H2,1-2H3. The van der Waals surface area contributed by atoms with Gasteiger partial charge in [0.05, 0.1) is 0 Å². The fourth-order valence-electron chi connectivity index (χ4n) is 2.23. The molecule has 1 unspecified atom stereocenters. The Morgan fingerprint density at radius 2 is 2.29 bits per heavy atom. The minimum Gasteiger partial charge on any atom is -0.300 e. The summed E-state index contributed by atoms with van der Waals surface area (Å²) in [6.07, 6.45) is 2.22. The van der Waals surface area contributed by atoms with E-state index in [4.69, 9.17) is 0 Å². The van der Waals surface area contributed by atoms with Crippen LogP contribution in [0, 0.1) is 5.82 Å². The molecule has 1 aromatic rings. The minimum absolute atomic E-state index is 0.111. The van der Waals surface area contributed by atoms with E-state index < -0.39 is 0 Å². The molecular weight excluding hydrogens is 177 g/mol. The summed E-state index contributed by atoms with van der Waals surface area (Å²) in [7, 11) is 2.10. The van der Waals surface area contributed by atoms with E-state index in [1.165, 1.54) is 11.1 Å². The minimum atomic E-state index is -0.111. The Kier molecular flexibility index (Phi) is 2.55. The lowest BCUT2D eigenvalue weighted by molar-refractivity contribution is 0.257. The monoisotopic (exact) mass is 193 g/mol. The van der Waals surface area contributed by atoms with Crippen LogP contribution in [-0.4, -0.2) is 18.5 Å². The van der Waals surface area contributed by atoms with Gasteiger partial charge in [0.25, 0.3) is 0 Å². The summed E-state index contributed by atoms with van der Waals surface area (Å²) in [5, 5.41) is 0. The van der Waals surface area contributed by atoms with Gasteiger partial charge in [0.2, 0.25) is 0 Å². The molecule has 0 saturated heterocycles. The highest BCUT2D eigenvalue weighted by Crippen LogP contribution is 2.35. The van der Waals surface area contributed by atoms with Crippen LogP contribution >= 0.6 is 0 Å². The molecule has 1 aromatic carbocycles. The molecule has 0 fully saturated rings. The number of benzene rings is 1. The molecule has 2 rings (SSSR count). The van der Waals surface area contributed by atoms with Crippen molar-refractivity contribution in [2.24, 2.45) is 0 Å². The fourth-order valence-corrected chi connectivity index (χ4v) is 2.23. The van der Waals surface area contributed by atoms with Crippen molar-refractivity contribution in [3.8, 4) is 0 Å². The van der Waals surface area contributed by atoms with E-state index in [9.17, 15) is 4.39 Å². The zero-order valence-corrected chi connectivity index (χ0v) is 8.76. The average Bonchev–Trinajstić information content (AvgIpc) is 2.59. The van der Waals surface area contributed by atoms with Gasteiger partial charge in [-0.25, -0.2) is 4.39 Å². The maximum atomic E-state index is 13.1. The smallest absolute Gasteiger partial charge is 0.123 e. The van der Waals surface area contributed by atoms with Gasteiger partial charge in [0.1, 0.15) is 5.82 Å². The number of hydrogen-bond donors (Lipinski definition) is 0. The molecule has 76 valence electrons. The second-order valence-corrected chi connectivity index (χ2v) is 3.97. The Balaban J connectivity index is 2.33. The molecular formula is C12H16FN. The van der Waals surface area contributed by atoms with Crippen molar-refractivity contribution in [2.45, 2.75) is 25.8 Å². The predicted octanol–water partition coefficient (Wildman–Crippen LogP) is 2.76. The van der Waals surface area contributed by atoms with Gasteiger partial charge in [0, 0.05) is 6.04 Å². The highest BCUT2D eigenvalue weighted by atomic mass is 19.1. The Morgan fingerprint density at radius 1 is 1.50 bits per heavy atom. The number of fused-ring (bicyclic) bond motifs is 1. The molecule has 0 bridgehead atoms. The van der Waals surface area contributed by atoms with Gasteiger partial charge in [-0.3, -0.25) is 4.90 Å². The van der Waals surface area contributed by atoms with Crippen molar-refractivity contribution < 1.29 is 4.39 Å². The second-order valence-electron chi connectivity index (χ2n) is 3.97. The summed E-state index contributed by atoms with van der Waals surface area (Å²) >= 11 is 0. The quantitative estimate of drug-likeness (QED) is 0.698. The van der Waals surface area contributed by atoms with Crippen LogP contribution in [0.25, 0.3) is 0 Å². The van der Waals surface area contributed by atoms with Gasteiger partial charge >= 0.3 is 0 Å². The summed E-state index contributed by atoms with van der Waals surface area (Å²) in [4.78, 5) is 2.28. The maximum absolute atomic E-state index is 13.1. The van der Waals surface area contributed by atoms with E-state index in [0.717, 1.165) is 19.4 Å². The van der Waals surface area contributed by atoms with Crippen molar-refractivity contribution >= 4 is 0 Å². The molecule has 0 aliphatic heterocycles. The Bertz CT molecular complexity index is 335. The Labute approximate surface area is 84.5 Å². The van der Waals surface area contributed by atoms with Crippen LogP contribution in [0.4, 0.5) is 4.39 Å². The molecule has 14 heavy (non-hydrogen) atoms. The molecule has 0 saturated carbocycles. The largest absolute Gasteiger partial charge is 0.300 e. The number of halogens is 1. The first kappa shape index (κ1) is 9.66. The van der Waals surface area contributed by atoms with E-state index in [1.807, 2.05) is 6.07 Å². The van der Waals surface area contributed by atoms with E-state index in [0.29, 0.717) is 6.04 Å². The first-order valence-corrected chi connectivity index (χ1v) is 5.21. The predicted molar refractivity (Wildman–Crippen MR) is 55.8 cm³/mol. The molecule has 0 heterocycles. The third-order valence-corrected chi connectivity index (χ3v) is 3.18. The van der Waals surface area contributed by atoms with Gasteiger partial charge < -0.3 is 0 Å². The molecule has 0 N–H and O–H groups in total. The molecule has 2 heteroatoms. The van der Waals surface area contributed by atoms with Crippen molar-refractivity contribution in [1.82, 2.24) is 4.90 Å². The molecule has 1 atom stereocenters. The van der Waals surface area contributed by atoms with Crippen molar-refractivity contribution in [3.63, 3.8) is 0 Å². The van der Waals surface area contributed by atoms with Crippen LogP contribution in [0.2, 0.25) is 0 Å². The number of hydrogen-bond acceptors (Lipinski definition) is 1. The van der Waals surface area contributed by atoms with Crippen LogP contribution in [0.1, 0.15) is 30.5 Å². The first-order chi connectivity index (χ1) is 6.72. The lowest BCUT2D eigenvalue weighted by Crippen LogP contribution is -2.22. The van der Waals surface area contributed by atoms with Gasteiger partial charge in [-0.05, 0) is 49.7 Å². The summed E-state index contributed by atoms with van der Waals surface area (Å²) in [5.41, 5.74) is 2.51. The van der Waals surface area contributed by atoms with Crippen LogP contribution in [0.5, 0.6) is 0 Å². The van der Waals surface area contributed by atoms with E-state index in [2.05, 4.69) is 18.9 Å². The summed E-state index contributed by atoms with van der Waals surface area (Å²) in [5.74, 6) is -0.111. The Morgan fingerprint density at radius 3 is 3.00 bits per heavy atom. The SMILES string of the molecule is CCN(C)C1CCc2ccc(F)cc21. The van der Waals surface area contributed by atoms with Crippen molar-refractivity contribution in [2.75, 3.05) is 13.6 Å². The molecule has 0 radical (unpaired) electrons.